The molecule has 0 bridgehead atoms. The largest absolute Gasteiger partial charge is 0.239 e. The fourth-order valence-corrected chi connectivity index (χ4v) is 2.32. The van der Waals surface area contributed by atoms with E-state index in [2.05, 4.69) is 11.1 Å². The van der Waals surface area contributed by atoms with Crippen molar-refractivity contribution in [1.82, 2.24) is 4.98 Å². The van der Waals surface area contributed by atoms with Crippen molar-refractivity contribution in [2.75, 3.05) is 0 Å². The Labute approximate surface area is 108 Å². The van der Waals surface area contributed by atoms with Crippen molar-refractivity contribution in [2.45, 2.75) is 19.3 Å². The van der Waals surface area contributed by atoms with Crippen LogP contribution in [0.3, 0.4) is 0 Å². The Morgan fingerprint density at radius 2 is 2.06 bits per heavy atom. The van der Waals surface area contributed by atoms with E-state index in [0.29, 0.717) is 10.7 Å². The molecule has 1 aromatic carbocycles. The summed E-state index contributed by atoms with van der Waals surface area (Å²) in [5.41, 5.74) is -0.256. The summed E-state index contributed by atoms with van der Waals surface area (Å²) in [5.74, 6) is -1.04. The van der Waals surface area contributed by atoms with Gasteiger partial charge in [0.25, 0.3) is 0 Å². The highest BCUT2D eigenvalue weighted by Gasteiger charge is 2.24. The number of aromatic nitrogens is 1. The first-order valence-corrected chi connectivity index (χ1v) is 6.14. The molecule has 0 N–H and O–H groups in total. The van der Waals surface area contributed by atoms with Crippen molar-refractivity contribution in [1.29, 1.82) is 5.26 Å². The van der Waals surface area contributed by atoms with Gasteiger partial charge in [0.05, 0.1) is 11.8 Å². The molecule has 1 aromatic heterocycles. The Kier molecular flexibility index (Phi) is 3.14. The maximum Gasteiger partial charge on any atom is 0.132 e. The van der Waals surface area contributed by atoms with E-state index in [4.69, 9.17) is 5.26 Å². The number of nitrogens with zero attached hydrogens (tertiary/aromatic N) is 2. The minimum Gasteiger partial charge on any atom is -0.239 e. The molecule has 0 amide bonds. The van der Waals surface area contributed by atoms with Crippen LogP contribution in [0.4, 0.5) is 8.78 Å². The average Bonchev–Trinajstić information content (AvgIpc) is 2.82. The van der Waals surface area contributed by atoms with Gasteiger partial charge in [-0.2, -0.15) is 5.26 Å². The Morgan fingerprint density at radius 1 is 1.33 bits per heavy atom. The van der Waals surface area contributed by atoms with Crippen LogP contribution in [0.25, 0.3) is 11.3 Å². The number of rotatable bonds is 2. The van der Waals surface area contributed by atoms with Crippen LogP contribution in [-0.4, -0.2) is 4.98 Å². The summed E-state index contributed by atoms with van der Waals surface area (Å²) in [6, 6.07) is 5.36. The fraction of sp³-hybridized carbons (Fsp3) is 0.231. The number of hydrogen-bond donors (Lipinski definition) is 0. The maximum absolute atomic E-state index is 13.6. The second-order valence-electron chi connectivity index (χ2n) is 4.40. The summed E-state index contributed by atoms with van der Waals surface area (Å²) in [6.45, 7) is 3.47. The van der Waals surface area contributed by atoms with Crippen LogP contribution in [0.1, 0.15) is 18.9 Å². The predicted octanol–water partition coefficient (Wildman–Crippen LogP) is 3.89. The normalized spacial score (nSPS) is 11.3. The number of hydrogen-bond acceptors (Lipinski definition) is 3. The monoisotopic (exact) mass is 264 g/mol. The summed E-state index contributed by atoms with van der Waals surface area (Å²) < 4.78 is 26.7. The zero-order chi connectivity index (χ0) is 13.3. The van der Waals surface area contributed by atoms with E-state index in [1.54, 1.807) is 19.2 Å². The number of benzene rings is 1. The van der Waals surface area contributed by atoms with Crippen molar-refractivity contribution in [3.8, 4) is 17.3 Å². The second-order valence-corrected chi connectivity index (χ2v) is 5.26. The molecule has 0 unspecified atom stereocenters. The molecule has 0 fully saturated rings. The van der Waals surface area contributed by atoms with Crippen LogP contribution in [0, 0.1) is 23.0 Å². The van der Waals surface area contributed by atoms with Crippen LogP contribution < -0.4 is 0 Å². The molecule has 2 nitrogen and oxygen atoms in total. The van der Waals surface area contributed by atoms with Crippen LogP contribution >= 0.6 is 11.3 Å². The van der Waals surface area contributed by atoms with Crippen LogP contribution in [-0.2, 0) is 5.41 Å². The molecule has 0 spiro atoms. The molecular weight excluding hydrogens is 254 g/mol. The first-order chi connectivity index (χ1) is 8.44. The molecule has 2 aromatic rings. The van der Waals surface area contributed by atoms with E-state index in [1.807, 2.05) is 0 Å². The van der Waals surface area contributed by atoms with E-state index in [0.717, 1.165) is 18.2 Å². The first kappa shape index (κ1) is 12.7. The lowest BCUT2D eigenvalue weighted by molar-refractivity contribution is 0.602. The molecule has 0 radical (unpaired) electrons. The highest BCUT2D eigenvalue weighted by molar-refractivity contribution is 7.10. The van der Waals surface area contributed by atoms with Gasteiger partial charge in [0.2, 0.25) is 0 Å². The topological polar surface area (TPSA) is 36.7 Å². The lowest BCUT2D eigenvalue weighted by Crippen LogP contribution is -2.13. The Morgan fingerprint density at radius 3 is 2.72 bits per heavy atom. The predicted molar refractivity (Wildman–Crippen MR) is 66.1 cm³/mol. The molecule has 18 heavy (non-hydrogen) atoms. The molecule has 0 saturated carbocycles. The number of nitriles is 1. The van der Waals surface area contributed by atoms with E-state index < -0.39 is 17.0 Å². The highest BCUT2D eigenvalue weighted by atomic mass is 32.1. The van der Waals surface area contributed by atoms with Crippen LogP contribution in [0.15, 0.2) is 23.6 Å². The number of thiazole rings is 1. The van der Waals surface area contributed by atoms with E-state index >= 15 is 0 Å². The second kappa shape index (κ2) is 4.46. The molecule has 0 saturated heterocycles. The summed E-state index contributed by atoms with van der Waals surface area (Å²) in [7, 11) is 0. The Balaban J connectivity index is 2.48. The van der Waals surface area contributed by atoms with E-state index in [1.165, 1.54) is 11.3 Å². The van der Waals surface area contributed by atoms with Crippen molar-refractivity contribution in [3.05, 3.63) is 40.2 Å². The molecule has 0 atom stereocenters. The smallest absolute Gasteiger partial charge is 0.132 e. The highest BCUT2D eigenvalue weighted by Crippen LogP contribution is 2.31. The molecule has 0 aliphatic rings. The van der Waals surface area contributed by atoms with Gasteiger partial charge >= 0.3 is 0 Å². The van der Waals surface area contributed by atoms with E-state index in [9.17, 15) is 8.78 Å². The van der Waals surface area contributed by atoms with Crippen molar-refractivity contribution in [3.63, 3.8) is 0 Å². The summed E-state index contributed by atoms with van der Waals surface area (Å²) in [4.78, 5) is 4.21. The third-order valence-electron chi connectivity index (χ3n) is 2.52. The molecule has 5 heteroatoms. The third-order valence-corrected chi connectivity index (χ3v) is 3.69. The van der Waals surface area contributed by atoms with Gasteiger partial charge in [0.1, 0.15) is 22.1 Å². The maximum atomic E-state index is 13.6. The first-order valence-electron chi connectivity index (χ1n) is 5.27. The molecule has 1 heterocycles. The minimum atomic E-state index is -0.729. The van der Waals surface area contributed by atoms with Crippen molar-refractivity contribution < 1.29 is 8.78 Å². The summed E-state index contributed by atoms with van der Waals surface area (Å²) in [5, 5.41) is 11.2. The summed E-state index contributed by atoms with van der Waals surface area (Å²) >= 11 is 1.27. The third kappa shape index (κ3) is 2.24. The van der Waals surface area contributed by atoms with Gasteiger partial charge in [-0.1, -0.05) is 0 Å². The Hall–Kier alpha value is -1.80. The summed E-state index contributed by atoms with van der Waals surface area (Å²) in [6.07, 6.45) is 0. The van der Waals surface area contributed by atoms with Crippen molar-refractivity contribution in [2.24, 2.45) is 0 Å². The lowest BCUT2D eigenvalue weighted by atomic mass is 9.97. The van der Waals surface area contributed by atoms with Gasteiger partial charge in [-0.3, -0.25) is 0 Å². The van der Waals surface area contributed by atoms with Crippen molar-refractivity contribution >= 4 is 11.3 Å². The average molecular weight is 264 g/mol. The van der Waals surface area contributed by atoms with Crippen LogP contribution in [0.2, 0.25) is 0 Å². The van der Waals surface area contributed by atoms with Gasteiger partial charge in [0, 0.05) is 10.9 Å². The SMILES string of the molecule is CC(C)(C#N)c1nc(-c2cc(F)ccc2F)cs1. The van der Waals surface area contributed by atoms with Gasteiger partial charge in [0.15, 0.2) is 0 Å². The molecule has 0 aliphatic carbocycles. The molecule has 0 aliphatic heterocycles. The fourth-order valence-electron chi connectivity index (χ4n) is 1.43. The molecular formula is C13H10F2N2S. The van der Waals surface area contributed by atoms with Gasteiger partial charge < -0.3 is 0 Å². The zero-order valence-corrected chi connectivity index (χ0v) is 10.7. The number of halogens is 2. The molecule has 2 rings (SSSR count). The van der Waals surface area contributed by atoms with Crippen LogP contribution in [0.5, 0.6) is 0 Å². The lowest BCUT2D eigenvalue weighted by Gasteiger charge is -2.10. The zero-order valence-electron chi connectivity index (χ0n) is 9.87. The molecule has 92 valence electrons. The minimum absolute atomic E-state index is 0.117. The van der Waals surface area contributed by atoms with E-state index in [-0.39, 0.29) is 5.56 Å². The quantitative estimate of drug-likeness (QED) is 0.825. The van der Waals surface area contributed by atoms with Gasteiger partial charge in [-0.05, 0) is 32.0 Å². The van der Waals surface area contributed by atoms with Gasteiger partial charge in [-0.15, -0.1) is 11.3 Å². The van der Waals surface area contributed by atoms with Gasteiger partial charge in [-0.25, -0.2) is 13.8 Å². The standard InChI is InChI=1S/C13H10F2N2S/c1-13(2,7-16)12-17-11(6-18-12)9-5-8(14)3-4-10(9)15/h3-6H,1-2H3. The Bertz CT molecular complexity index is 626.